The SMILES string of the molecule is CNC(=O)c1ccc(CBr)c([N+](=O)[O-])c1. The number of alkyl halides is 1. The van der Waals surface area contributed by atoms with E-state index in [1.807, 2.05) is 0 Å². The summed E-state index contributed by atoms with van der Waals surface area (Å²) in [7, 11) is 1.48. The summed E-state index contributed by atoms with van der Waals surface area (Å²) in [6.45, 7) is 0. The first kappa shape index (κ1) is 11.6. The van der Waals surface area contributed by atoms with Gasteiger partial charge in [0.2, 0.25) is 0 Å². The molecular weight excluding hydrogens is 264 g/mol. The predicted molar refractivity (Wildman–Crippen MR) is 59.1 cm³/mol. The van der Waals surface area contributed by atoms with Crippen LogP contribution in [0.1, 0.15) is 15.9 Å². The molecule has 0 heterocycles. The highest BCUT2D eigenvalue weighted by molar-refractivity contribution is 9.08. The number of hydrogen-bond donors (Lipinski definition) is 1. The molecule has 1 N–H and O–H groups in total. The van der Waals surface area contributed by atoms with E-state index in [4.69, 9.17) is 0 Å². The second kappa shape index (κ2) is 4.88. The summed E-state index contributed by atoms with van der Waals surface area (Å²) in [6.07, 6.45) is 0. The van der Waals surface area contributed by atoms with Crippen LogP contribution in [-0.4, -0.2) is 17.9 Å². The molecule has 0 atom stereocenters. The summed E-state index contributed by atoms with van der Waals surface area (Å²) >= 11 is 3.15. The van der Waals surface area contributed by atoms with Crippen LogP contribution in [0.3, 0.4) is 0 Å². The third-order valence-corrected chi connectivity index (χ3v) is 2.52. The number of nitro benzene ring substituents is 1. The standard InChI is InChI=1S/C9H9BrN2O3/c1-11-9(13)6-2-3-7(5-10)8(4-6)12(14)15/h2-4H,5H2,1H3,(H,11,13). The Morgan fingerprint density at radius 1 is 1.60 bits per heavy atom. The molecule has 0 aliphatic heterocycles. The van der Waals surface area contributed by atoms with Crippen molar-refractivity contribution in [3.8, 4) is 0 Å². The molecule has 0 saturated carbocycles. The maximum Gasteiger partial charge on any atom is 0.274 e. The van der Waals surface area contributed by atoms with E-state index < -0.39 is 4.92 Å². The molecule has 0 radical (unpaired) electrons. The van der Waals surface area contributed by atoms with Gasteiger partial charge in [0.25, 0.3) is 11.6 Å². The fourth-order valence-corrected chi connectivity index (χ4v) is 1.61. The molecule has 1 rings (SSSR count). The third kappa shape index (κ3) is 2.53. The molecule has 0 bridgehead atoms. The van der Waals surface area contributed by atoms with Gasteiger partial charge in [-0.05, 0) is 6.07 Å². The van der Waals surface area contributed by atoms with Gasteiger partial charge in [0.15, 0.2) is 0 Å². The van der Waals surface area contributed by atoms with E-state index >= 15 is 0 Å². The Morgan fingerprint density at radius 3 is 2.73 bits per heavy atom. The minimum absolute atomic E-state index is 0.0482. The number of nitrogens with one attached hydrogen (secondary N) is 1. The Kier molecular flexibility index (Phi) is 3.79. The highest BCUT2D eigenvalue weighted by Crippen LogP contribution is 2.22. The zero-order chi connectivity index (χ0) is 11.4. The minimum Gasteiger partial charge on any atom is -0.355 e. The molecule has 0 spiro atoms. The summed E-state index contributed by atoms with van der Waals surface area (Å²) in [5.41, 5.74) is 0.787. The van der Waals surface area contributed by atoms with Crippen LogP contribution in [0.25, 0.3) is 0 Å². The van der Waals surface area contributed by atoms with Crippen molar-refractivity contribution in [2.24, 2.45) is 0 Å². The van der Waals surface area contributed by atoms with Crippen LogP contribution in [0.4, 0.5) is 5.69 Å². The van der Waals surface area contributed by atoms with Crippen LogP contribution >= 0.6 is 15.9 Å². The van der Waals surface area contributed by atoms with Crippen molar-refractivity contribution in [3.05, 3.63) is 39.4 Å². The fraction of sp³-hybridized carbons (Fsp3) is 0.222. The van der Waals surface area contributed by atoms with Crippen LogP contribution < -0.4 is 5.32 Å². The summed E-state index contributed by atoms with van der Waals surface area (Å²) in [5, 5.41) is 13.5. The van der Waals surface area contributed by atoms with Gasteiger partial charge in [0.1, 0.15) is 0 Å². The first-order valence-electron chi connectivity index (χ1n) is 4.15. The quantitative estimate of drug-likeness (QED) is 0.519. The van der Waals surface area contributed by atoms with Gasteiger partial charge >= 0.3 is 0 Å². The monoisotopic (exact) mass is 272 g/mol. The van der Waals surface area contributed by atoms with Crippen molar-refractivity contribution >= 4 is 27.5 Å². The Morgan fingerprint density at radius 2 is 2.27 bits per heavy atom. The Hall–Kier alpha value is -1.43. The van der Waals surface area contributed by atoms with Crippen molar-refractivity contribution in [1.82, 2.24) is 5.32 Å². The number of hydrogen-bond acceptors (Lipinski definition) is 3. The van der Waals surface area contributed by atoms with Crippen molar-refractivity contribution in [1.29, 1.82) is 0 Å². The number of benzene rings is 1. The summed E-state index contributed by atoms with van der Waals surface area (Å²) in [4.78, 5) is 21.4. The lowest BCUT2D eigenvalue weighted by Gasteiger charge is -2.02. The Bertz CT molecular complexity index is 406. The lowest BCUT2D eigenvalue weighted by atomic mass is 10.1. The lowest BCUT2D eigenvalue weighted by molar-refractivity contribution is -0.385. The van der Waals surface area contributed by atoms with Crippen LogP contribution in [0, 0.1) is 10.1 Å². The first-order chi connectivity index (χ1) is 7.10. The van der Waals surface area contributed by atoms with E-state index in [9.17, 15) is 14.9 Å². The number of rotatable bonds is 3. The van der Waals surface area contributed by atoms with Crippen LogP contribution in [0.2, 0.25) is 0 Å². The highest BCUT2D eigenvalue weighted by atomic mass is 79.9. The molecular formula is C9H9BrN2O3. The largest absolute Gasteiger partial charge is 0.355 e. The summed E-state index contributed by atoms with van der Waals surface area (Å²) in [6, 6.07) is 4.40. The van der Waals surface area contributed by atoms with Gasteiger partial charge < -0.3 is 5.32 Å². The molecule has 0 aromatic heterocycles. The molecule has 0 saturated heterocycles. The summed E-state index contributed by atoms with van der Waals surface area (Å²) in [5.74, 6) is -0.334. The average Bonchev–Trinajstić information content (AvgIpc) is 2.27. The van der Waals surface area contributed by atoms with Gasteiger partial charge in [-0.1, -0.05) is 22.0 Å². The highest BCUT2D eigenvalue weighted by Gasteiger charge is 2.15. The number of nitro groups is 1. The molecule has 5 nitrogen and oxygen atoms in total. The first-order valence-corrected chi connectivity index (χ1v) is 5.27. The smallest absolute Gasteiger partial charge is 0.274 e. The van der Waals surface area contributed by atoms with E-state index in [-0.39, 0.29) is 17.2 Å². The molecule has 15 heavy (non-hydrogen) atoms. The van der Waals surface area contributed by atoms with Crippen LogP contribution in [-0.2, 0) is 5.33 Å². The molecule has 80 valence electrons. The van der Waals surface area contributed by atoms with Crippen molar-refractivity contribution in [2.45, 2.75) is 5.33 Å². The maximum atomic E-state index is 11.2. The van der Waals surface area contributed by atoms with E-state index in [1.165, 1.54) is 13.1 Å². The number of nitrogens with zero attached hydrogens (tertiary/aromatic N) is 1. The molecule has 1 amide bonds. The van der Waals surface area contributed by atoms with E-state index in [1.54, 1.807) is 12.1 Å². The van der Waals surface area contributed by atoms with Gasteiger partial charge in [-0.2, -0.15) is 0 Å². The lowest BCUT2D eigenvalue weighted by Crippen LogP contribution is -2.17. The second-order valence-electron chi connectivity index (χ2n) is 2.81. The Labute approximate surface area is 94.8 Å². The predicted octanol–water partition coefficient (Wildman–Crippen LogP) is 1.85. The van der Waals surface area contributed by atoms with Crippen LogP contribution in [0.15, 0.2) is 18.2 Å². The van der Waals surface area contributed by atoms with E-state index in [0.717, 1.165) is 0 Å². The second-order valence-corrected chi connectivity index (χ2v) is 3.37. The number of carbonyl (C=O) groups excluding carboxylic acids is 1. The van der Waals surface area contributed by atoms with Gasteiger partial charge in [-0.25, -0.2) is 0 Å². The molecule has 1 aromatic rings. The number of carbonyl (C=O) groups is 1. The van der Waals surface area contributed by atoms with Gasteiger partial charge in [-0.15, -0.1) is 0 Å². The van der Waals surface area contributed by atoms with E-state index in [0.29, 0.717) is 10.9 Å². The topological polar surface area (TPSA) is 72.2 Å². The zero-order valence-electron chi connectivity index (χ0n) is 7.99. The maximum absolute atomic E-state index is 11.2. The van der Waals surface area contributed by atoms with Gasteiger partial charge in [0.05, 0.1) is 4.92 Å². The molecule has 0 aliphatic carbocycles. The molecule has 0 fully saturated rings. The normalized spacial score (nSPS) is 9.73. The van der Waals surface area contributed by atoms with E-state index in [2.05, 4.69) is 21.2 Å². The van der Waals surface area contributed by atoms with Crippen molar-refractivity contribution in [2.75, 3.05) is 7.05 Å². The average molecular weight is 273 g/mol. The Balaban J connectivity index is 3.22. The van der Waals surface area contributed by atoms with Crippen molar-refractivity contribution in [3.63, 3.8) is 0 Å². The number of halogens is 1. The zero-order valence-corrected chi connectivity index (χ0v) is 9.58. The molecule has 6 heteroatoms. The number of amides is 1. The molecule has 0 unspecified atom stereocenters. The third-order valence-electron chi connectivity index (χ3n) is 1.92. The van der Waals surface area contributed by atoms with Crippen molar-refractivity contribution < 1.29 is 9.72 Å². The van der Waals surface area contributed by atoms with Crippen LogP contribution in [0.5, 0.6) is 0 Å². The van der Waals surface area contributed by atoms with Gasteiger partial charge in [-0.3, -0.25) is 14.9 Å². The molecule has 1 aromatic carbocycles. The summed E-state index contributed by atoms with van der Waals surface area (Å²) < 4.78 is 0. The minimum atomic E-state index is -0.497. The fourth-order valence-electron chi connectivity index (χ4n) is 1.13. The van der Waals surface area contributed by atoms with Gasteiger partial charge in [0, 0.05) is 29.6 Å². The molecule has 0 aliphatic rings.